The number of fused-ring (bicyclic) bond motifs is 1. The maximum atomic E-state index is 13.3. The van der Waals surface area contributed by atoms with Crippen LogP contribution in [0.3, 0.4) is 0 Å². The molecule has 4 unspecified atom stereocenters. The van der Waals surface area contributed by atoms with E-state index in [1.807, 2.05) is 12.1 Å². The molecule has 3 aliphatic carbocycles. The van der Waals surface area contributed by atoms with E-state index in [1.165, 1.54) is 23.1 Å². The summed E-state index contributed by atoms with van der Waals surface area (Å²) in [6.07, 6.45) is 14.0. The Hall–Kier alpha value is -4.02. The monoisotopic (exact) mass is 617 g/mol. The number of aryl methyl sites for hydroxylation is 1. The Labute approximate surface area is 274 Å². The van der Waals surface area contributed by atoms with E-state index in [1.54, 1.807) is 30.5 Å². The second-order valence-electron chi connectivity index (χ2n) is 13.7. The number of rotatable bonds is 12. The van der Waals surface area contributed by atoms with Crippen LogP contribution in [-0.4, -0.2) is 59.3 Å². The highest BCUT2D eigenvalue weighted by Crippen LogP contribution is 2.63. The van der Waals surface area contributed by atoms with Gasteiger partial charge in [0.05, 0.1) is 23.2 Å². The maximum Gasteiger partial charge on any atom is 0.253 e. The Morgan fingerprint density at radius 1 is 1.20 bits per heavy atom. The quantitative estimate of drug-likeness (QED) is 0.205. The Bertz CT molecular complexity index is 1600. The molecule has 1 N–H and O–H groups in total. The van der Waals surface area contributed by atoms with Gasteiger partial charge in [0, 0.05) is 55.8 Å². The molecular formula is C39H47N5O2. The Kier molecular flexibility index (Phi) is 9.56. The number of carbonyl (C=O) groups is 2. The van der Waals surface area contributed by atoms with Crippen LogP contribution in [-0.2, 0) is 0 Å². The minimum absolute atomic E-state index is 0.0416. The number of benzene rings is 1. The van der Waals surface area contributed by atoms with Crippen molar-refractivity contribution in [1.29, 1.82) is 5.26 Å². The van der Waals surface area contributed by atoms with Crippen LogP contribution in [0.15, 0.2) is 72.0 Å². The third kappa shape index (κ3) is 6.88. The van der Waals surface area contributed by atoms with Gasteiger partial charge in [0.1, 0.15) is 5.82 Å². The van der Waals surface area contributed by atoms with Crippen LogP contribution in [0.1, 0.15) is 97.1 Å². The van der Waals surface area contributed by atoms with Crippen LogP contribution in [0.5, 0.6) is 0 Å². The van der Waals surface area contributed by atoms with Gasteiger partial charge in [-0.3, -0.25) is 14.5 Å². The molecule has 2 aromatic rings. The lowest BCUT2D eigenvalue weighted by molar-refractivity contribution is 0.0934. The zero-order valence-electron chi connectivity index (χ0n) is 27.6. The molecule has 0 radical (unpaired) electrons. The number of hydrogen-bond acceptors (Lipinski definition) is 6. The van der Waals surface area contributed by atoms with Crippen molar-refractivity contribution in [3.05, 3.63) is 94.2 Å². The predicted octanol–water partition coefficient (Wildman–Crippen LogP) is 6.95. The van der Waals surface area contributed by atoms with E-state index in [-0.39, 0.29) is 23.7 Å². The number of anilines is 1. The van der Waals surface area contributed by atoms with Crippen molar-refractivity contribution in [1.82, 2.24) is 15.2 Å². The van der Waals surface area contributed by atoms with E-state index in [9.17, 15) is 9.59 Å². The molecule has 7 nitrogen and oxygen atoms in total. The summed E-state index contributed by atoms with van der Waals surface area (Å²) in [6, 6.07) is 12.1. The van der Waals surface area contributed by atoms with Gasteiger partial charge in [-0.15, -0.1) is 6.58 Å². The molecule has 6 rings (SSSR count). The number of nitrogens with one attached hydrogen (secondary N) is 1. The average molecular weight is 618 g/mol. The lowest BCUT2D eigenvalue weighted by Gasteiger charge is -2.46. The number of Topliss-reactive ketones (excluding diaryl/α,β-unsaturated/α-hetero) is 1. The highest BCUT2D eigenvalue weighted by atomic mass is 16.1. The summed E-state index contributed by atoms with van der Waals surface area (Å²) >= 11 is 0. The number of pyridine rings is 1. The standard InChI is InChI=1S/C39H47N5O2/c1-5-8-32-24-43(38-26(4)19-30(23-41-38)39(46)42-37(25(3)6-2)36-33-21-34(33)36)17-18-44(32)31-10-7-9-27(13-16-31)20-35(45)29-14-11-28(22-40)12-15-29/h6,9,11-12,14-15,19,23,25,31-33,37H,2,5,7-8,10,13,16-18,20-21,24H2,1,3-4H3,(H,42,46)/t25?,31?,32-,33?,37?/m0/s1. The predicted molar refractivity (Wildman–Crippen MR) is 183 cm³/mol. The van der Waals surface area contributed by atoms with Crippen molar-refractivity contribution in [2.45, 2.75) is 90.3 Å². The number of piperazine rings is 1. The Balaban J connectivity index is 1.05. The summed E-state index contributed by atoms with van der Waals surface area (Å²) in [7, 11) is 0. The maximum absolute atomic E-state index is 13.3. The summed E-state index contributed by atoms with van der Waals surface area (Å²) in [5, 5.41) is 12.3. The number of nitriles is 1. The largest absolute Gasteiger partial charge is 0.354 e. The summed E-state index contributed by atoms with van der Waals surface area (Å²) in [4.78, 5) is 36.2. The fourth-order valence-electron chi connectivity index (χ4n) is 7.63. The molecule has 0 bridgehead atoms. The first-order valence-corrected chi connectivity index (χ1v) is 17.2. The van der Waals surface area contributed by atoms with Gasteiger partial charge in [-0.1, -0.05) is 55.7 Å². The normalized spacial score (nSPS) is 23.7. The fourth-order valence-corrected chi connectivity index (χ4v) is 7.63. The van der Waals surface area contributed by atoms with Gasteiger partial charge >= 0.3 is 0 Å². The van der Waals surface area contributed by atoms with Crippen molar-refractivity contribution in [2.24, 2.45) is 11.8 Å². The smallest absolute Gasteiger partial charge is 0.253 e. The lowest BCUT2D eigenvalue weighted by atomic mass is 9.96. The van der Waals surface area contributed by atoms with E-state index in [2.05, 4.69) is 54.6 Å². The number of amides is 1. The van der Waals surface area contributed by atoms with Crippen LogP contribution in [0.25, 0.3) is 0 Å². The van der Waals surface area contributed by atoms with Gasteiger partial charge in [0.15, 0.2) is 5.78 Å². The molecule has 240 valence electrons. The molecule has 2 heterocycles. The van der Waals surface area contributed by atoms with Gasteiger partial charge in [-0.05, 0) is 80.7 Å². The van der Waals surface area contributed by atoms with Gasteiger partial charge < -0.3 is 10.2 Å². The van der Waals surface area contributed by atoms with Crippen LogP contribution < -0.4 is 10.2 Å². The van der Waals surface area contributed by atoms with Gasteiger partial charge in [-0.2, -0.15) is 5.26 Å². The van der Waals surface area contributed by atoms with Gasteiger partial charge in [0.25, 0.3) is 5.91 Å². The first-order valence-electron chi connectivity index (χ1n) is 17.2. The number of hydrogen-bond donors (Lipinski definition) is 1. The zero-order valence-corrected chi connectivity index (χ0v) is 27.6. The third-order valence-corrected chi connectivity index (χ3v) is 10.6. The average Bonchev–Trinajstić information content (AvgIpc) is 3.99. The van der Waals surface area contributed by atoms with Crippen molar-refractivity contribution in [3.8, 4) is 6.07 Å². The third-order valence-electron chi connectivity index (χ3n) is 10.6. The molecule has 7 heteroatoms. The number of carbonyl (C=O) groups excluding carboxylic acids is 2. The molecule has 1 aromatic carbocycles. The molecule has 1 aliphatic heterocycles. The SMILES string of the molecule is C=CC(C)C(NC(=O)c1cnc(N2CCN(C3CCC=C(CC(=O)c4ccc(C#N)cc4)CC3)[C@@H](CCC)C2)c(C)c1)C1=C2CC21. The van der Waals surface area contributed by atoms with E-state index < -0.39 is 0 Å². The highest BCUT2D eigenvalue weighted by Gasteiger charge is 2.54. The molecule has 4 aliphatic rings. The van der Waals surface area contributed by atoms with Crippen molar-refractivity contribution in [2.75, 3.05) is 24.5 Å². The van der Waals surface area contributed by atoms with Crippen LogP contribution in [0.4, 0.5) is 5.82 Å². The van der Waals surface area contributed by atoms with E-state index in [0.29, 0.717) is 41.1 Å². The van der Waals surface area contributed by atoms with E-state index in [0.717, 1.165) is 69.5 Å². The second-order valence-corrected chi connectivity index (χ2v) is 13.7. The molecule has 1 saturated heterocycles. The van der Waals surface area contributed by atoms with Gasteiger partial charge in [-0.25, -0.2) is 4.98 Å². The second kappa shape index (κ2) is 13.8. The highest BCUT2D eigenvalue weighted by molar-refractivity contribution is 5.97. The molecule has 1 aromatic heterocycles. The van der Waals surface area contributed by atoms with Crippen molar-refractivity contribution < 1.29 is 9.59 Å². The summed E-state index contributed by atoms with van der Waals surface area (Å²) < 4.78 is 0. The minimum atomic E-state index is -0.0612. The molecule has 46 heavy (non-hydrogen) atoms. The summed E-state index contributed by atoms with van der Waals surface area (Å²) in [6.45, 7) is 13.2. The number of allylic oxidation sites excluding steroid dienone is 3. The summed E-state index contributed by atoms with van der Waals surface area (Å²) in [5.41, 5.74) is 7.09. The molecule has 5 atom stereocenters. The summed E-state index contributed by atoms with van der Waals surface area (Å²) in [5.74, 6) is 1.89. The lowest BCUT2D eigenvalue weighted by Crippen LogP contribution is -2.56. The molecule has 0 spiro atoms. The number of ketones is 1. The molecular weight excluding hydrogens is 570 g/mol. The fraction of sp³-hybridized carbons (Fsp3) is 0.487. The molecule has 2 fully saturated rings. The number of nitrogens with zero attached hydrogens (tertiary/aromatic N) is 4. The van der Waals surface area contributed by atoms with Crippen LogP contribution in [0, 0.1) is 30.1 Å². The van der Waals surface area contributed by atoms with E-state index >= 15 is 0 Å². The van der Waals surface area contributed by atoms with Crippen molar-refractivity contribution in [3.63, 3.8) is 0 Å². The molecule has 1 saturated carbocycles. The van der Waals surface area contributed by atoms with Crippen LogP contribution >= 0.6 is 0 Å². The minimum Gasteiger partial charge on any atom is -0.354 e. The van der Waals surface area contributed by atoms with Crippen LogP contribution in [0.2, 0.25) is 0 Å². The Morgan fingerprint density at radius 3 is 2.63 bits per heavy atom. The molecule has 1 amide bonds. The van der Waals surface area contributed by atoms with E-state index in [4.69, 9.17) is 10.2 Å². The first-order chi connectivity index (χ1) is 22.3. The van der Waals surface area contributed by atoms with Crippen molar-refractivity contribution >= 4 is 17.5 Å². The number of aromatic nitrogens is 1. The topological polar surface area (TPSA) is 89.3 Å². The Morgan fingerprint density at radius 2 is 1.98 bits per heavy atom. The zero-order chi connectivity index (χ0) is 32.4. The first kappa shape index (κ1) is 31.9. The van der Waals surface area contributed by atoms with Gasteiger partial charge in [0.2, 0.25) is 0 Å².